The van der Waals surface area contributed by atoms with Gasteiger partial charge in [-0.3, -0.25) is 0 Å². The second-order valence-electron chi connectivity index (χ2n) is 7.72. The third kappa shape index (κ3) is 2.95. The van der Waals surface area contributed by atoms with E-state index in [0.29, 0.717) is 6.42 Å². The molecular formula is C23H25NO4. The van der Waals surface area contributed by atoms with Crippen LogP contribution in [0.5, 0.6) is 0 Å². The number of aliphatic carboxylic acids is 1. The Bertz CT molecular complexity index is 863. The van der Waals surface area contributed by atoms with Gasteiger partial charge < -0.3 is 15.2 Å². The van der Waals surface area contributed by atoms with E-state index in [1.165, 1.54) is 0 Å². The molecule has 146 valence electrons. The molecule has 2 N–H and O–H groups in total. The number of carboxylic acids is 1. The van der Waals surface area contributed by atoms with Gasteiger partial charge in [0.25, 0.3) is 0 Å². The Morgan fingerprint density at radius 2 is 1.71 bits per heavy atom. The Hall–Kier alpha value is -2.82. The van der Waals surface area contributed by atoms with E-state index in [1.54, 1.807) is 0 Å². The number of benzene rings is 2. The third-order valence-electron chi connectivity index (χ3n) is 6.36. The summed E-state index contributed by atoms with van der Waals surface area (Å²) in [5.74, 6) is -1.07. The predicted octanol–water partition coefficient (Wildman–Crippen LogP) is 4.56. The summed E-state index contributed by atoms with van der Waals surface area (Å²) < 4.78 is 5.56. The van der Waals surface area contributed by atoms with Gasteiger partial charge in [0.05, 0.1) is 0 Å². The molecule has 0 saturated heterocycles. The minimum Gasteiger partial charge on any atom is -0.479 e. The highest BCUT2D eigenvalue weighted by Crippen LogP contribution is 2.44. The normalized spacial score (nSPS) is 23.1. The molecule has 0 heterocycles. The number of hydrogen-bond donors (Lipinski definition) is 2. The fourth-order valence-electron chi connectivity index (χ4n) is 4.95. The molecule has 4 rings (SSSR count). The van der Waals surface area contributed by atoms with Gasteiger partial charge in [0.15, 0.2) is 0 Å². The molecule has 1 amide bonds. The van der Waals surface area contributed by atoms with Crippen LogP contribution in [0.3, 0.4) is 0 Å². The lowest BCUT2D eigenvalue weighted by Gasteiger charge is -2.31. The maximum absolute atomic E-state index is 12.6. The van der Waals surface area contributed by atoms with E-state index in [2.05, 4.69) is 29.6 Å². The van der Waals surface area contributed by atoms with Gasteiger partial charge in [-0.05, 0) is 41.0 Å². The number of carbonyl (C=O) groups is 2. The van der Waals surface area contributed by atoms with Crippen molar-refractivity contribution in [3.63, 3.8) is 0 Å². The van der Waals surface area contributed by atoms with E-state index >= 15 is 0 Å². The number of fused-ring (bicyclic) bond motifs is 3. The van der Waals surface area contributed by atoms with Crippen LogP contribution >= 0.6 is 0 Å². The van der Waals surface area contributed by atoms with E-state index in [1.807, 2.05) is 31.2 Å². The van der Waals surface area contributed by atoms with Crippen molar-refractivity contribution in [1.82, 2.24) is 5.32 Å². The van der Waals surface area contributed by atoms with Crippen molar-refractivity contribution in [3.8, 4) is 11.1 Å². The number of rotatable bonds is 5. The van der Waals surface area contributed by atoms with Crippen LogP contribution in [0.2, 0.25) is 0 Å². The fraction of sp³-hybridized carbons (Fsp3) is 0.391. The molecule has 0 radical (unpaired) electrons. The Kier molecular flexibility index (Phi) is 4.84. The van der Waals surface area contributed by atoms with Gasteiger partial charge >= 0.3 is 12.1 Å². The van der Waals surface area contributed by atoms with E-state index in [9.17, 15) is 14.7 Å². The molecule has 2 aliphatic carbocycles. The molecule has 0 aliphatic heterocycles. The average molecular weight is 379 g/mol. The Morgan fingerprint density at radius 1 is 1.11 bits per heavy atom. The Labute approximate surface area is 164 Å². The van der Waals surface area contributed by atoms with E-state index in [-0.39, 0.29) is 18.4 Å². The van der Waals surface area contributed by atoms with Crippen LogP contribution in [-0.4, -0.2) is 29.3 Å². The smallest absolute Gasteiger partial charge is 0.408 e. The van der Waals surface area contributed by atoms with Crippen LogP contribution in [0.15, 0.2) is 48.5 Å². The number of carbonyl (C=O) groups excluding carboxylic acids is 1. The molecule has 2 unspecified atom stereocenters. The summed E-state index contributed by atoms with van der Waals surface area (Å²) in [5, 5.41) is 12.5. The predicted molar refractivity (Wildman–Crippen MR) is 106 cm³/mol. The molecule has 5 heteroatoms. The van der Waals surface area contributed by atoms with Crippen LogP contribution in [0.1, 0.15) is 49.7 Å². The van der Waals surface area contributed by atoms with Gasteiger partial charge in [-0.25, -0.2) is 9.59 Å². The highest BCUT2D eigenvalue weighted by Gasteiger charge is 2.50. The van der Waals surface area contributed by atoms with Gasteiger partial charge in [0.2, 0.25) is 0 Å². The van der Waals surface area contributed by atoms with E-state index in [4.69, 9.17) is 4.74 Å². The number of alkyl carbamates (subject to hydrolysis) is 1. The lowest BCUT2D eigenvalue weighted by Crippen LogP contribution is -2.57. The minimum absolute atomic E-state index is 0.0375. The number of nitrogens with one attached hydrogen (secondary N) is 1. The van der Waals surface area contributed by atoms with Crippen molar-refractivity contribution >= 4 is 12.1 Å². The molecule has 1 fully saturated rings. The summed E-state index contributed by atoms with van der Waals surface area (Å²) in [6.45, 7) is 2.15. The van der Waals surface area contributed by atoms with Crippen molar-refractivity contribution < 1.29 is 19.4 Å². The van der Waals surface area contributed by atoms with Gasteiger partial charge in [-0.2, -0.15) is 0 Å². The number of ether oxygens (including phenoxy) is 1. The summed E-state index contributed by atoms with van der Waals surface area (Å²) in [4.78, 5) is 24.5. The average Bonchev–Trinajstić information content (AvgIpc) is 3.26. The first-order chi connectivity index (χ1) is 13.6. The van der Waals surface area contributed by atoms with E-state index in [0.717, 1.165) is 41.5 Å². The number of carboxylic acid groups (broad SMARTS) is 1. The van der Waals surface area contributed by atoms with Crippen LogP contribution in [0.25, 0.3) is 11.1 Å². The highest BCUT2D eigenvalue weighted by molar-refractivity contribution is 5.85. The second kappa shape index (κ2) is 7.30. The molecule has 0 spiro atoms. The lowest BCUT2D eigenvalue weighted by atomic mass is 9.85. The van der Waals surface area contributed by atoms with Crippen LogP contribution < -0.4 is 5.32 Å². The van der Waals surface area contributed by atoms with Crippen LogP contribution in [-0.2, 0) is 9.53 Å². The molecule has 1 saturated carbocycles. The standard InChI is InChI=1S/C23H25NO4/c1-2-15-8-7-13-23(15,21(25)26)24-22(27)28-14-20-18-11-5-3-9-16(18)17-10-4-6-12-19(17)20/h3-6,9-12,15,20H,2,7-8,13-14H2,1H3,(H,24,27)(H,25,26). The van der Waals surface area contributed by atoms with Crippen LogP contribution in [0, 0.1) is 5.92 Å². The molecule has 2 atom stereocenters. The first-order valence-corrected chi connectivity index (χ1v) is 9.93. The zero-order valence-corrected chi connectivity index (χ0v) is 16.0. The van der Waals surface area contributed by atoms with Crippen molar-refractivity contribution in [2.75, 3.05) is 6.61 Å². The lowest BCUT2D eigenvalue weighted by molar-refractivity contribution is -0.146. The molecule has 2 aromatic rings. The van der Waals surface area contributed by atoms with Gasteiger partial charge in [-0.1, -0.05) is 68.3 Å². The number of amides is 1. The number of hydrogen-bond acceptors (Lipinski definition) is 3. The quantitative estimate of drug-likeness (QED) is 0.799. The molecule has 0 bridgehead atoms. The van der Waals surface area contributed by atoms with Crippen molar-refractivity contribution in [2.45, 2.75) is 44.1 Å². The zero-order chi connectivity index (χ0) is 19.7. The zero-order valence-electron chi connectivity index (χ0n) is 16.0. The first kappa shape index (κ1) is 18.5. The fourth-order valence-corrected chi connectivity index (χ4v) is 4.95. The maximum Gasteiger partial charge on any atom is 0.408 e. The summed E-state index contributed by atoms with van der Waals surface area (Å²) in [5.41, 5.74) is 3.39. The molecular weight excluding hydrogens is 354 g/mol. The molecule has 2 aliphatic rings. The Balaban J connectivity index is 1.50. The molecule has 28 heavy (non-hydrogen) atoms. The molecule has 5 nitrogen and oxygen atoms in total. The molecule has 0 aromatic heterocycles. The summed E-state index contributed by atoms with van der Waals surface area (Å²) >= 11 is 0. The van der Waals surface area contributed by atoms with E-state index < -0.39 is 17.6 Å². The van der Waals surface area contributed by atoms with Crippen molar-refractivity contribution in [3.05, 3.63) is 59.7 Å². The summed E-state index contributed by atoms with van der Waals surface area (Å²) in [6, 6.07) is 16.3. The van der Waals surface area contributed by atoms with Gasteiger partial charge in [-0.15, -0.1) is 0 Å². The van der Waals surface area contributed by atoms with Gasteiger partial charge in [0.1, 0.15) is 12.1 Å². The largest absolute Gasteiger partial charge is 0.479 e. The maximum atomic E-state index is 12.6. The highest BCUT2D eigenvalue weighted by atomic mass is 16.5. The van der Waals surface area contributed by atoms with Crippen molar-refractivity contribution in [2.24, 2.45) is 5.92 Å². The second-order valence-corrected chi connectivity index (χ2v) is 7.72. The molecule has 2 aromatic carbocycles. The SMILES string of the molecule is CCC1CCCC1(NC(=O)OCC1c2ccccc2-c2ccccc21)C(=O)O. The monoisotopic (exact) mass is 379 g/mol. The summed E-state index contributed by atoms with van der Waals surface area (Å²) in [7, 11) is 0. The first-order valence-electron chi connectivity index (χ1n) is 9.93. The topological polar surface area (TPSA) is 75.6 Å². The third-order valence-corrected chi connectivity index (χ3v) is 6.36. The Morgan fingerprint density at radius 3 is 2.29 bits per heavy atom. The van der Waals surface area contributed by atoms with Crippen molar-refractivity contribution in [1.29, 1.82) is 0 Å². The minimum atomic E-state index is -1.21. The van der Waals surface area contributed by atoms with Crippen LogP contribution in [0.4, 0.5) is 4.79 Å². The van der Waals surface area contributed by atoms with Gasteiger partial charge in [0, 0.05) is 5.92 Å². The summed E-state index contributed by atoms with van der Waals surface area (Å²) in [6.07, 6.45) is 2.13.